The average Bonchev–Trinajstić information content (AvgIpc) is 2.82. The van der Waals surface area contributed by atoms with Gasteiger partial charge in [-0.1, -0.05) is 6.92 Å². The van der Waals surface area contributed by atoms with Crippen molar-refractivity contribution in [1.29, 1.82) is 0 Å². The quantitative estimate of drug-likeness (QED) is 0.780. The number of nitrogens with one attached hydrogen (secondary N) is 1. The first-order valence-corrected chi connectivity index (χ1v) is 6.85. The lowest BCUT2D eigenvalue weighted by atomic mass is 10.0. The van der Waals surface area contributed by atoms with Crippen LogP contribution in [0.1, 0.15) is 45.4 Å². The highest BCUT2D eigenvalue weighted by Gasteiger charge is 2.21. The highest BCUT2D eigenvalue weighted by atomic mass is 16.5. The summed E-state index contributed by atoms with van der Waals surface area (Å²) >= 11 is 0. The normalized spacial score (nSPS) is 35.4. The average molecular weight is 227 g/mol. The Morgan fingerprint density at radius 3 is 2.75 bits per heavy atom. The summed E-state index contributed by atoms with van der Waals surface area (Å²) in [6.45, 7) is 5.21. The van der Waals surface area contributed by atoms with Crippen LogP contribution >= 0.6 is 0 Å². The molecule has 2 saturated heterocycles. The largest absolute Gasteiger partial charge is 0.378 e. The Bertz CT molecular complexity index is 192. The second-order valence-corrected chi connectivity index (χ2v) is 5.00. The fourth-order valence-corrected chi connectivity index (χ4v) is 2.67. The van der Waals surface area contributed by atoms with Crippen LogP contribution in [0, 0.1) is 0 Å². The molecule has 2 aliphatic rings. The molecule has 16 heavy (non-hydrogen) atoms. The van der Waals surface area contributed by atoms with Gasteiger partial charge in [-0.05, 0) is 45.1 Å². The summed E-state index contributed by atoms with van der Waals surface area (Å²) in [6, 6.07) is 0.667. The molecule has 2 aliphatic heterocycles. The van der Waals surface area contributed by atoms with Gasteiger partial charge in [-0.15, -0.1) is 0 Å². The van der Waals surface area contributed by atoms with E-state index < -0.39 is 0 Å². The molecule has 0 radical (unpaired) electrons. The number of hydrogen-bond donors (Lipinski definition) is 1. The van der Waals surface area contributed by atoms with E-state index >= 15 is 0 Å². The lowest BCUT2D eigenvalue weighted by Gasteiger charge is -2.29. The van der Waals surface area contributed by atoms with Crippen molar-refractivity contribution in [2.45, 2.75) is 63.7 Å². The molecule has 2 fully saturated rings. The molecule has 3 atom stereocenters. The van der Waals surface area contributed by atoms with Crippen LogP contribution in [0.3, 0.4) is 0 Å². The first-order valence-electron chi connectivity index (χ1n) is 6.85. The third kappa shape index (κ3) is 3.72. The predicted octanol–water partition coefficient (Wildman–Crippen LogP) is 2.10. The van der Waals surface area contributed by atoms with E-state index in [0.29, 0.717) is 18.2 Å². The second-order valence-electron chi connectivity index (χ2n) is 5.00. The van der Waals surface area contributed by atoms with Gasteiger partial charge in [0.25, 0.3) is 0 Å². The molecule has 0 aromatic carbocycles. The van der Waals surface area contributed by atoms with Crippen molar-refractivity contribution in [1.82, 2.24) is 5.32 Å². The summed E-state index contributed by atoms with van der Waals surface area (Å²) in [5.41, 5.74) is 0. The molecule has 3 unspecified atom stereocenters. The summed E-state index contributed by atoms with van der Waals surface area (Å²) in [6.07, 6.45) is 8.18. The topological polar surface area (TPSA) is 30.5 Å². The molecule has 1 N–H and O–H groups in total. The van der Waals surface area contributed by atoms with E-state index in [2.05, 4.69) is 12.2 Å². The van der Waals surface area contributed by atoms with E-state index in [1.807, 2.05) is 0 Å². The summed E-state index contributed by atoms with van der Waals surface area (Å²) in [5, 5.41) is 3.65. The van der Waals surface area contributed by atoms with Gasteiger partial charge in [0.05, 0.1) is 12.2 Å². The zero-order valence-corrected chi connectivity index (χ0v) is 10.4. The SMILES string of the molecule is CCC1CC(NCCC2CCCO2)CCO1. The van der Waals surface area contributed by atoms with Crippen LogP contribution in [-0.4, -0.2) is 38.0 Å². The van der Waals surface area contributed by atoms with Gasteiger partial charge in [-0.2, -0.15) is 0 Å². The highest BCUT2D eigenvalue weighted by molar-refractivity contribution is 4.77. The van der Waals surface area contributed by atoms with E-state index in [0.717, 1.165) is 26.2 Å². The van der Waals surface area contributed by atoms with E-state index in [1.165, 1.54) is 32.1 Å². The van der Waals surface area contributed by atoms with Crippen LogP contribution in [0.2, 0.25) is 0 Å². The molecule has 2 rings (SSSR count). The van der Waals surface area contributed by atoms with Crippen LogP contribution in [0.4, 0.5) is 0 Å². The van der Waals surface area contributed by atoms with Gasteiger partial charge in [0.2, 0.25) is 0 Å². The van der Waals surface area contributed by atoms with E-state index in [-0.39, 0.29) is 0 Å². The van der Waals surface area contributed by atoms with Gasteiger partial charge < -0.3 is 14.8 Å². The predicted molar refractivity (Wildman–Crippen MR) is 64.6 cm³/mol. The van der Waals surface area contributed by atoms with Crippen LogP contribution in [0.25, 0.3) is 0 Å². The minimum absolute atomic E-state index is 0.481. The van der Waals surface area contributed by atoms with Crippen molar-refractivity contribution in [3.05, 3.63) is 0 Å². The lowest BCUT2D eigenvalue weighted by Crippen LogP contribution is -2.39. The molecule has 94 valence electrons. The molecule has 0 spiro atoms. The van der Waals surface area contributed by atoms with Crippen LogP contribution in [0.5, 0.6) is 0 Å². The van der Waals surface area contributed by atoms with Crippen LogP contribution in [0.15, 0.2) is 0 Å². The standard InChI is InChI=1S/C13H25NO2/c1-2-12-10-11(6-9-16-12)14-7-5-13-4-3-8-15-13/h11-14H,2-10H2,1H3. The Morgan fingerprint density at radius 2 is 2.00 bits per heavy atom. The molecule has 0 saturated carbocycles. The van der Waals surface area contributed by atoms with Gasteiger partial charge in [0, 0.05) is 19.3 Å². The van der Waals surface area contributed by atoms with Crippen molar-refractivity contribution < 1.29 is 9.47 Å². The monoisotopic (exact) mass is 227 g/mol. The van der Waals surface area contributed by atoms with Crippen LogP contribution < -0.4 is 5.32 Å². The van der Waals surface area contributed by atoms with Gasteiger partial charge >= 0.3 is 0 Å². The van der Waals surface area contributed by atoms with Gasteiger partial charge in [-0.25, -0.2) is 0 Å². The maximum absolute atomic E-state index is 5.67. The van der Waals surface area contributed by atoms with Crippen molar-refractivity contribution in [2.24, 2.45) is 0 Å². The van der Waals surface area contributed by atoms with Crippen molar-refractivity contribution in [3.8, 4) is 0 Å². The Balaban J connectivity index is 1.58. The molecular weight excluding hydrogens is 202 g/mol. The number of rotatable bonds is 5. The molecule has 0 aliphatic carbocycles. The van der Waals surface area contributed by atoms with Crippen molar-refractivity contribution >= 4 is 0 Å². The molecule has 2 heterocycles. The maximum atomic E-state index is 5.67. The van der Waals surface area contributed by atoms with E-state index in [1.54, 1.807) is 0 Å². The van der Waals surface area contributed by atoms with Crippen molar-refractivity contribution in [2.75, 3.05) is 19.8 Å². The van der Waals surface area contributed by atoms with E-state index in [9.17, 15) is 0 Å². The summed E-state index contributed by atoms with van der Waals surface area (Å²) in [7, 11) is 0. The van der Waals surface area contributed by atoms with Crippen LogP contribution in [-0.2, 0) is 9.47 Å². The minimum Gasteiger partial charge on any atom is -0.378 e. The molecule has 3 heteroatoms. The molecular formula is C13H25NO2. The van der Waals surface area contributed by atoms with E-state index in [4.69, 9.17) is 9.47 Å². The minimum atomic E-state index is 0.481. The lowest BCUT2D eigenvalue weighted by molar-refractivity contribution is -0.000673. The molecule has 0 amide bonds. The smallest absolute Gasteiger partial charge is 0.0588 e. The maximum Gasteiger partial charge on any atom is 0.0588 e. The fourth-order valence-electron chi connectivity index (χ4n) is 2.67. The second kappa shape index (κ2) is 6.58. The Labute approximate surface area is 98.9 Å². The molecule has 0 bridgehead atoms. The third-order valence-corrected chi connectivity index (χ3v) is 3.75. The Hall–Kier alpha value is -0.120. The first-order chi connectivity index (χ1) is 7.88. The Kier molecular flexibility index (Phi) is 5.07. The van der Waals surface area contributed by atoms with Gasteiger partial charge in [-0.3, -0.25) is 0 Å². The van der Waals surface area contributed by atoms with Gasteiger partial charge in [0.15, 0.2) is 0 Å². The zero-order valence-electron chi connectivity index (χ0n) is 10.4. The summed E-state index contributed by atoms with van der Waals surface area (Å²) < 4.78 is 11.3. The zero-order chi connectivity index (χ0) is 11.2. The summed E-state index contributed by atoms with van der Waals surface area (Å²) in [5.74, 6) is 0. The number of hydrogen-bond acceptors (Lipinski definition) is 3. The molecule has 0 aromatic rings. The van der Waals surface area contributed by atoms with Gasteiger partial charge in [0.1, 0.15) is 0 Å². The molecule has 3 nitrogen and oxygen atoms in total. The fraction of sp³-hybridized carbons (Fsp3) is 1.00. The first kappa shape index (κ1) is 12.3. The highest BCUT2D eigenvalue weighted by Crippen LogP contribution is 2.17. The molecule has 0 aromatic heterocycles. The van der Waals surface area contributed by atoms with Crippen molar-refractivity contribution in [3.63, 3.8) is 0 Å². The summed E-state index contributed by atoms with van der Waals surface area (Å²) in [4.78, 5) is 0. The Morgan fingerprint density at radius 1 is 1.12 bits per heavy atom. The third-order valence-electron chi connectivity index (χ3n) is 3.75. The number of ether oxygens (including phenoxy) is 2.